The summed E-state index contributed by atoms with van der Waals surface area (Å²) in [6.45, 7) is 0. The highest BCUT2D eigenvalue weighted by Crippen LogP contribution is 2.45. The number of hydrogen-bond acceptors (Lipinski definition) is 2. The van der Waals surface area contributed by atoms with Crippen molar-refractivity contribution in [2.75, 3.05) is 0 Å². The smallest absolute Gasteiger partial charge is 0.161 e. The van der Waals surface area contributed by atoms with Gasteiger partial charge in [0, 0.05) is 27.4 Å². The molecule has 0 unspecified atom stereocenters. The second-order valence-corrected chi connectivity index (χ2v) is 10.5. The van der Waals surface area contributed by atoms with Gasteiger partial charge in [-0.15, -0.1) is 0 Å². The fraction of sp³-hybridized carbons (Fsp3) is 0. The van der Waals surface area contributed by atoms with E-state index in [1.54, 1.807) is 0 Å². The molecule has 3 heterocycles. The Morgan fingerprint density at radius 2 is 1.15 bits per heavy atom. The number of aromatic nitrogens is 1. The number of furan rings is 2. The molecule has 41 heavy (non-hydrogen) atoms. The maximum Gasteiger partial charge on any atom is 0.161 e. The lowest BCUT2D eigenvalue weighted by Crippen LogP contribution is -1.93. The summed E-state index contributed by atoms with van der Waals surface area (Å²) in [6.07, 6.45) is 0. The monoisotopic (exact) mass is 525 g/mol. The summed E-state index contributed by atoms with van der Waals surface area (Å²) in [5.74, 6) is 0. The van der Waals surface area contributed by atoms with E-state index in [2.05, 4.69) is 138 Å². The van der Waals surface area contributed by atoms with Crippen LogP contribution in [-0.2, 0) is 0 Å². The molecule has 9 rings (SSSR count). The number of nitrogens with zero attached hydrogens (tertiary/aromatic N) is 1. The Balaban J connectivity index is 1.37. The predicted molar refractivity (Wildman–Crippen MR) is 169 cm³/mol. The molecule has 0 bridgehead atoms. The fourth-order valence-corrected chi connectivity index (χ4v) is 6.40. The van der Waals surface area contributed by atoms with Crippen LogP contribution in [0, 0.1) is 0 Å². The topological polar surface area (TPSA) is 31.2 Å². The van der Waals surface area contributed by atoms with Crippen molar-refractivity contribution in [3.8, 4) is 27.9 Å². The minimum Gasteiger partial charge on any atom is -0.455 e. The first-order chi connectivity index (χ1) is 20.3. The molecule has 0 saturated heterocycles. The zero-order chi connectivity index (χ0) is 26.9. The normalized spacial score (nSPS) is 11.9. The highest BCUT2D eigenvalue weighted by Gasteiger charge is 2.23. The summed E-state index contributed by atoms with van der Waals surface area (Å²) in [5.41, 5.74) is 11.3. The molecule has 0 aliphatic carbocycles. The first kappa shape index (κ1) is 22.3. The molecule has 0 saturated carbocycles. The molecule has 192 valence electrons. The second-order valence-electron chi connectivity index (χ2n) is 10.5. The van der Waals surface area contributed by atoms with E-state index < -0.39 is 0 Å². The van der Waals surface area contributed by atoms with E-state index >= 15 is 0 Å². The van der Waals surface area contributed by atoms with Crippen LogP contribution in [0.25, 0.3) is 82.9 Å². The van der Waals surface area contributed by atoms with Crippen LogP contribution in [0.3, 0.4) is 0 Å². The molecule has 0 aliphatic heterocycles. The number of benzene rings is 6. The molecule has 0 spiro atoms. The molecule has 3 aromatic heterocycles. The first-order valence-electron chi connectivity index (χ1n) is 13.9. The zero-order valence-electron chi connectivity index (χ0n) is 22.0. The quantitative estimate of drug-likeness (QED) is 0.230. The molecular formula is C38H23NO2. The van der Waals surface area contributed by atoms with Gasteiger partial charge < -0.3 is 13.4 Å². The van der Waals surface area contributed by atoms with Crippen molar-refractivity contribution in [2.24, 2.45) is 0 Å². The second kappa shape index (κ2) is 8.48. The van der Waals surface area contributed by atoms with Crippen LogP contribution in [0.5, 0.6) is 0 Å². The van der Waals surface area contributed by atoms with Gasteiger partial charge in [0.05, 0.1) is 10.9 Å². The summed E-state index contributed by atoms with van der Waals surface area (Å²) >= 11 is 0. The van der Waals surface area contributed by atoms with Crippen LogP contribution < -0.4 is 0 Å². The van der Waals surface area contributed by atoms with E-state index in [1.165, 1.54) is 11.1 Å². The Morgan fingerprint density at radius 3 is 2.02 bits per heavy atom. The van der Waals surface area contributed by atoms with Gasteiger partial charge in [-0.1, -0.05) is 97.1 Å². The lowest BCUT2D eigenvalue weighted by atomic mass is 9.98. The molecule has 3 nitrogen and oxygen atoms in total. The maximum atomic E-state index is 6.61. The van der Waals surface area contributed by atoms with Crippen LogP contribution in [0.1, 0.15) is 0 Å². The minimum atomic E-state index is 0.863. The molecule has 6 aromatic carbocycles. The summed E-state index contributed by atoms with van der Waals surface area (Å²) in [5, 5.41) is 4.41. The third-order valence-corrected chi connectivity index (χ3v) is 8.21. The number of hydrogen-bond donors (Lipinski definition) is 0. The van der Waals surface area contributed by atoms with Gasteiger partial charge in [-0.3, -0.25) is 0 Å². The van der Waals surface area contributed by atoms with Crippen LogP contribution in [0.4, 0.5) is 0 Å². The molecule has 0 aliphatic rings. The lowest BCUT2D eigenvalue weighted by molar-refractivity contribution is 0.670. The van der Waals surface area contributed by atoms with Gasteiger partial charge in [0.2, 0.25) is 0 Å². The van der Waals surface area contributed by atoms with Crippen molar-refractivity contribution < 1.29 is 8.83 Å². The summed E-state index contributed by atoms with van der Waals surface area (Å²) in [7, 11) is 0. The third-order valence-electron chi connectivity index (χ3n) is 8.21. The molecular weight excluding hydrogens is 502 g/mol. The van der Waals surface area contributed by atoms with Gasteiger partial charge in [0.1, 0.15) is 22.3 Å². The average Bonchev–Trinajstić information content (AvgIpc) is 3.70. The molecule has 9 aromatic rings. The Hall–Kier alpha value is -5.54. The van der Waals surface area contributed by atoms with Gasteiger partial charge in [0.25, 0.3) is 0 Å². The van der Waals surface area contributed by atoms with E-state index in [0.29, 0.717) is 0 Å². The standard InChI is InChI=1S/C38H23NO2/c1-3-11-24(12-4-1)25-21-22-33-31(23-25)29-18-9-17-28(37(29)40-33)27-16-10-20-34-35(27)36-38(41-34)30-15-7-8-19-32(30)39(36)26-13-5-2-6-14-26/h1-23H. The van der Waals surface area contributed by atoms with E-state index in [0.717, 1.165) is 71.7 Å². The van der Waals surface area contributed by atoms with Gasteiger partial charge in [0.15, 0.2) is 5.58 Å². The molecule has 3 heteroatoms. The Morgan fingerprint density at radius 1 is 0.439 bits per heavy atom. The SMILES string of the molecule is c1ccc(-c2ccc3oc4c(-c5cccc6oc7c8ccccc8n(-c8ccccc8)c7c56)cccc4c3c2)cc1. The summed E-state index contributed by atoms with van der Waals surface area (Å²) in [6, 6.07) is 48.7. The molecule has 0 amide bonds. The lowest BCUT2D eigenvalue weighted by Gasteiger charge is -2.09. The van der Waals surface area contributed by atoms with Gasteiger partial charge in [-0.2, -0.15) is 0 Å². The van der Waals surface area contributed by atoms with Gasteiger partial charge in [-0.25, -0.2) is 0 Å². The number of fused-ring (bicyclic) bond motifs is 8. The van der Waals surface area contributed by atoms with Crippen molar-refractivity contribution in [1.82, 2.24) is 4.57 Å². The zero-order valence-corrected chi connectivity index (χ0v) is 22.0. The third kappa shape index (κ3) is 3.20. The molecule has 0 fully saturated rings. The van der Waals surface area contributed by atoms with Crippen molar-refractivity contribution in [3.63, 3.8) is 0 Å². The Kier molecular flexibility index (Phi) is 4.61. The maximum absolute atomic E-state index is 6.61. The Bertz CT molecular complexity index is 2410. The summed E-state index contributed by atoms with van der Waals surface area (Å²) in [4.78, 5) is 0. The van der Waals surface area contributed by atoms with E-state index in [-0.39, 0.29) is 0 Å². The number of rotatable bonds is 3. The van der Waals surface area contributed by atoms with Crippen molar-refractivity contribution in [1.29, 1.82) is 0 Å². The van der Waals surface area contributed by atoms with Crippen molar-refractivity contribution >= 4 is 54.9 Å². The molecule has 0 radical (unpaired) electrons. The first-order valence-corrected chi connectivity index (χ1v) is 13.9. The highest BCUT2D eigenvalue weighted by atomic mass is 16.3. The van der Waals surface area contributed by atoms with E-state index in [1.807, 2.05) is 6.07 Å². The van der Waals surface area contributed by atoms with E-state index in [9.17, 15) is 0 Å². The van der Waals surface area contributed by atoms with Crippen LogP contribution in [0.2, 0.25) is 0 Å². The van der Waals surface area contributed by atoms with Crippen molar-refractivity contribution in [3.05, 3.63) is 140 Å². The van der Waals surface area contributed by atoms with E-state index in [4.69, 9.17) is 8.83 Å². The average molecular weight is 526 g/mol. The largest absolute Gasteiger partial charge is 0.455 e. The fourth-order valence-electron chi connectivity index (χ4n) is 6.40. The Labute approximate surface area is 235 Å². The summed E-state index contributed by atoms with van der Waals surface area (Å²) < 4.78 is 15.5. The van der Waals surface area contributed by atoms with Crippen LogP contribution in [0.15, 0.2) is 148 Å². The van der Waals surface area contributed by atoms with Crippen LogP contribution in [-0.4, -0.2) is 4.57 Å². The highest BCUT2D eigenvalue weighted by molar-refractivity contribution is 6.22. The van der Waals surface area contributed by atoms with Crippen molar-refractivity contribution in [2.45, 2.75) is 0 Å². The minimum absolute atomic E-state index is 0.863. The molecule has 0 N–H and O–H groups in total. The molecule has 0 atom stereocenters. The number of para-hydroxylation sites is 3. The predicted octanol–water partition coefficient (Wildman–Crippen LogP) is 10.8. The van der Waals surface area contributed by atoms with Crippen LogP contribution >= 0.6 is 0 Å². The van der Waals surface area contributed by atoms with Gasteiger partial charge >= 0.3 is 0 Å². The van der Waals surface area contributed by atoms with Gasteiger partial charge in [-0.05, 0) is 59.2 Å².